The molecule has 3 N–H and O–H groups in total. The van der Waals surface area contributed by atoms with E-state index in [2.05, 4.69) is 11.6 Å². The number of benzene rings is 1. The molecule has 4 nitrogen and oxygen atoms in total. The molecule has 0 aliphatic heterocycles. The monoisotopic (exact) mass is 286 g/mol. The van der Waals surface area contributed by atoms with E-state index in [1.165, 1.54) is 12.1 Å². The molecule has 1 aromatic carbocycles. The van der Waals surface area contributed by atoms with Gasteiger partial charge in [0, 0.05) is 12.2 Å². The Morgan fingerprint density at radius 2 is 2.11 bits per heavy atom. The maximum absolute atomic E-state index is 13.6. The smallest absolute Gasteiger partial charge is 0.243 e. The Balaban J connectivity index is 2.10. The Morgan fingerprint density at radius 3 is 2.63 bits per heavy atom. The summed E-state index contributed by atoms with van der Waals surface area (Å²) in [5.41, 5.74) is 5.71. The summed E-state index contributed by atoms with van der Waals surface area (Å²) in [6, 6.07) is 3.61. The van der Waals surface area contributed by atoms with Gasteiger partial charge in [-0.05, 0) is 42.9 Å². The second-order valence-corrected chi connectivity index (χ2v) is 7.00. The van der Waals surface area contributed by atoms with Crippen molar-refractivity contribution in [2.75, 3.05) is 12.3 Å². The highest BCUT2D eigenvalue weighted by Gasteiger charge is 2.42. The Kier molecular flexibility index (Phi) is 3.82. The fraction of sp³-hybridized carbons (Fsp3) is 0.538. The van der Waals surface area contributed by atoms with Gasteiger partial charge in [-0.15, -0.1) is 0 Å². The third kappa shape index (κ3) is 3.25. The minimum atomic E-state index is -3.80. The van der Waals surface area contributed by atoms with Crippen LogP contribution < -0.4 is 10.5 Å². The van der Waals surface area contributed by atoms with Crippen molar-refractivity contribution in [3.63, 3.8) is 0 Å². The quantitative estimate of drug-likeness (QED) is 0.788. The fourth-order valence-electron chi connectivity index (χ4n) is 2.28. The Labute approximate surface area is 113 Å². The molecule has 0 saturated heterocycles. The van der Waals surface area contributed by atoms with E-state index in [0.29, 0.717) is 6.54 Å². The molecule has 6 heteroatoms. The Bertz CT molecular complexity index is 568. The lowest BCUT2D eigenvalue weighted by Crippen LogP contribution is -2.30. The fourth-order valence-corrected chi connectivity index (χ4v) is 3.50. The number of rotatable bonds is 6. The molecule has 2 rings (SSSR count). The molecule has 0 unspecified atom stereocenters. The first-order valence-electron chi connectivity index (χ1n) is 6.43. The molecule has 1 fully saturated rings. The van der Waals surface area contributed by atoms with Gasteiger partial charge in [-0.25, -0.2) is 17.5 Å². The predicted molar refractivity (Wildman–Crippen MR) is 72.6 cm³/mol. The van der Waals surface area contributed by atoms with Crippen molar-refractivity contribution >= 4 is 15.7 Å². The van der Waals surface area contributed by atoms with Crippen LogP contribution in [0.2, 0.25) is 0 Å². The molecule has 106 valence electrons. The van der Waals surface area contributed by atoms with Crippen LogP contribution in [0.1, 0.15) is 32.6 Å². The first-order valence-corrected chi connectivity index (χ1v) is 7.92. The second kappa shape index (κ2) is 5.09. The van der Waals surface area contributed by atoms with Gasteiger partial charge in [-0.3, -0.25) is 0 Å². The number of nitrogen functional groups attached to an aromatic ring is 1. The highest BCUT2D eigenvalue weighted by molar-refractivity contribution is 7.89. The highest BCUT2D eigenvalue weighted by Crippen LogP contribution is 2.49. The molecule has 1 aliphatic rings. The lowest BCUT2D eigenvalue weighted by Gasteiger charge is -2.15. The molecule has 1 aromatic rings. The summed E-state index contributed by atoms with van der Waals surface area (Å²) in [7, 11) is -3.80. The Hall–Kier alpha value is -1.14. The van der Waals surface area contributed by atoms with Gasteiger partial charge in [0.2, 0.25) is 10.0 Å². The summed E-state index contributed by atoms with van der Waals surface area (Å²) in [6.45, 7) is 2.46. The molecule has 1 aliphatic carbocycles. The van der Waals surface area contributed by atoms with Gasteiger partial charge in [-0.1, -0.05) is 13.3 Å². The van der Waals surface area contributed by atoms with Crippen LogP contribution in [0, 0.1) is 11.2 Å². The van der Waals surface area contributed by atoms with Crippen molar-refractivity contribution in [1.29, 1.82) is 0 Å². The molecule has 0 heterocycles. The van der Waals surface area contributed by atoms with Gasteiger partial charge >= 0.3 is 0 Å². The molecule has 1 saturated carbocycles. The van der Waals surface area contributed by atoms with Crippen molar-refractivity contribution in [2.45, 2.75) is 37.5 Å². The van der Waals surface area contributed by atoms with E-state index in [4.69, 9.17) is 5.73 Å². The molecule has 0 aromatic heterocycles. The molecule has 0 radical (unpaired) electrons. The summed E-state index contributed by atoms with van der Waals surface area (Å²) in [4.78, 5) is -0.339. The van der Waals surface area contributed by atoms with Crippen molar-refractivity contribution in [1.82, 2.24) is 4.72 Å². The lowest BCUT2D eigenvalue weighted by atomic mass is 10.0. The van der Waals surface area contributed by atoms with Crippen LogP contribution in [-0.4, -0.2) is 15.0 Å². The van der Waals surface area contributed by atoms with E-state index in [-0.39, 0.29) is 16.0 Å². The minimum absolute atomic E-state index is 0.0894. The number of nitrogens with two attached hydrogens (primary N) is 1. The molecule has 0 bridgehead atoms. The van der Waals surface area contributed by atoms with Crippen LogP contribution in [0.3, 0.4) is 0 Å². The average molecular weight is 286 g/mol. The highest BCUT2D eigenvalue weighted by atomic mass is 32.2. The van der Waals surface area contributed by atoms with E-state index >= 15 is 0 Å². The zero-order chi connectivity index (χ0) is 14.1. The van der Waals surface area contributed by atoms with Crippen molar-refractivity contribution in [3.05, 3.63) is 24.0 Å². The summed E-state index contributed by atoms with van der Waals surface area (Å²) in [6.07, 6.45) is 4.10. The molecular formula is C13H19FN2O2S. The van der Waals surface area contributed by atoms with E-state index in [1.54, 1.807) is 0 Å². The molecule has 0 amide bonds. The van der Waals surface area contributed by atoms with Crippen LogP contribution in [-0.2, 0) is 10.0 Å². The van der Waals surface area contributed by atoms with Crippen LogP contribution in [0.15, 0.2) is 23.1 Å². The average Bonchev–Trinajstić information content (AvgIpc) is 3.07. The number of nitrogens with one attached hydrogen (secondary N) is 1. The van der Waals surface area contributed by atoms with Crippen molar-refractivity contribution in [2.24, 2.45) is 5.41 Å². The molecule has 0 atom stereocenters. The summed E-state index contributed by atoms with van der Waals surface area (Å²) < 4.78 is 40.2. The molecular weight excluding hydrogens is 267 g/mol. The van der Waals surface area contributed by atoms with Crippen LogP contribution in [0.4, 0.5) is 10.1 Å². The van der Waals surface area contributed by atoms with E-state index in [9.17, 15) is 12.8 Å². The molecule has 0 spiro atoms. The second-order valence-electron chi connectivity index (χ2n) is 5.26. The van der Waals surface area contributed by atoms with Gasteiger partial charge < -0.3 is 5.73 Å². The number of anilines is 1. The van der Waals surface area contributed by atoms with Crippen LogP contribution in [0.5, 0.6) is 0 Å². The first kappa shape index (κ1) is 14.3. The first-order chi connectivity index (χ1) is 8.88. The van der Waals surface area contributed by atoms with Crippen molar-refractivity contribution < 1.29 is 12.8 Å². The number of hydrogen-bond acceptors (Lipinski definition) is 3. The molecule has 19 heavy (non-hydrogen) atoms. The maximum atomic E-state index is 13.6. The number of halogens is 1. The minimum Gasteiger partial charge on any atom is -0.399 e. The van der Waals surface area contributed by atoms with Gasteiger partial charge in [0.05, 0.1) is 0 Å². The lowest BCUT2D eigenvalue weighted by molar-refractivity contribution is 0.448. The Morgan fingerprint density at radius 1 is 1.42 bits per heavy atom. The van der Waals surface area contributed by atoms with Gasteiger partial charge in [0.1, 0.15) is 10.7 Å². The topological polar surface area (TPSA) is 72.2 Å². The summed E-state index contributed by atoms with van der Waals surface area (Å²) in [5.74, 6) is -0.812. The standard InChI is InChI=1S/C13H19FN2O2S/c1-2-5-13(6-7-13)9-16-19(17,18)12-4-3-10(15)8-11(12)14/h3-4,8,16H,2,5-7,9,15H2,1H3. The van der Waals surface area contributed by atoms with Crippen LogP contribution >= 0.6 is 0 Å². The van der Waals surface area contributed by atoms with Gasteiger partial charge in [0.15, 0.2) is 0 Å². The summed E-state index contributed by atoms with van der Waals surface area (Å²) >= 11 is 0. The van der Waals surface area contributed by atoms with Crippen molar-refractivity contribution in [3.8, 4) is 0 Å². The normalized spacial score (nSPS) is 17.4. The van der Waals surface area contributed by atoms with E-state index in [0.717, 1.165) is 31.7 Å². The van der Waals surface area contributed by atoms with Gasteiger partial charge in [-0.2, -0.15) is 0 Å². The zero-order valence-corrected chi connectivity index (χ0v) is 11.8. The third-order valence-electron chi connectivity index (χ3n) is 3.62. The zero-order valence-electron chi connectivity index (χ0n) is 10.9. The SMILES string of the molecule is CCCC1(CNS(=O)(=O)c2ccc(N)cc2F)CC1. The number of sulfonamides is 1. The summed E-state index contributed by atoms with van der Waals surface area (Å²) in [5, 5.41) is 0. The third-order valence-corrected chi connectivity index (χ3v) is 5.05. The largest absolute Gasteiger partial charge is 0.399 e. The van der Waals surface area contributed by atoms with Gasteiger partial charge in [0.25, 0.3) is 0 Å². The van der Waals surface area contributed by atoms with E-state index < -0.39 is 15.8 Å². The predicted octanol–water partition coefficient (Wildman–Crippen LogP) is 2.27. The van der Waals surface area contributed by atoms with E-state index in [1.807, 2.05) is 0 Å². The maximum Gasteiger partial charge on any atom is 0.243 e. The van der Waals surface area contributed by atoms with Crippen LogP contribution in [0.25, 0.3) is 0 Å². The number of hydrogen-bond donors (Lipinski definition) is 2.